The summed E-state index contributed by atoms with van der Waals surface area (Å²) in [4.78, 5) is 19.1. The third-order valence-corrected chi connectivity index (χ3v) is 5.66. The highest BCUT2D eigenvalue weighted by Gasteiger charge is 2.29. The molecule has 0 fully saturated rings. The molecule has 2 aromatic rings. The van der Waals surface area contributed by atoms with Gasteiger partial charge in [-0.25, -0.2) is 0 Å². The molecule has 0 saturated carbocycles. The molecule has 1 aliphatic carbocycles. The van der Waals surface area contributed by atoms with E-state index in [9.17, 15) is 9.90 Å². The lowest BCUT2D eigenvalue weighted by molar-refractivity contribution is -0.137. The zero-order valence-corrected chi connectivity index (χ0v) is 16.6. The van der Waals surface area contributed by atoms with E-state index >= 15 is 0 Å². The number of pyridine rings is 1. The van der Waals surface area contributed by atoms with Crippen LogP contribution in [0.4, 0.5) is 0 Å². The third kappa shape index (κ3) is 4.56. The molecule has 1 aromatic carbocycles. The molecule has 0 bridgehead atoms. The Hall–Kier alpha value is -2.20. The lowest BCUT2D eigenvalue weighted by Gasteiger charge is -2.32. The molecule has 0 radical (unpaired) electrons. The molecule has 0 spiro atoms. The van der Waals surface area contributed by atoms with E-state index in [4.69, 9.17) is 0 Å². The first-order valence-corrected chi connectivity index (χ1v) is 9.95. The highest BCUT2D eigenvalue weighted by molar-refractivity contribution is 5.79. The quantitative estimate of drug-likeness (QED) is 0.846. The summed E-state index contributed by atoms with van der Waals surface area (Å²) >= 11 is 0. The Morgan fingerprint density at radius 1 is 1.30 bits per heavy atom. The predicted molar refractivity (Wildman–Crippen MR) is 107 cm³/mol. The Labute approximate surface area is 162 Å². The molecule has 1 aromatic heterocycles. The van der Waals surface area contributed by atoms with Crippen LogP contribution in [0.2, 0.25) is 0 Å². The van der Waals surface area contributed by atoms with Gasteiger partial charge >= 0.3 is 0 Å². The van der Waals surface area contributed by atoms with Gasteiger partial charge in [0.15, 0.2) is 0 Å². The monoisotopic (exact) mass is 366 g/mol. The molecular weight excluding hydrogens is 336 g/mol. The number of hydrogen-bond donors (Lipinski definition) is 1. The number of benzene rings is 1. The summed E-state index contributed by atoms with van der Waals surface area (Å²) in [6.07, 6.45) is 6.19. The topological polar surface area (TPSA) is 53.4 Å². The molecule has 0 aliphatic heterocycles. The number of nitrogens with zero attached hydrogens (tertiary/aromatic N) is 2. The van der Waals surface area contributed by atoms with Crippen LogP contribution in [0.15, 0.2) is 36.7 Å². The van der Waals surface area contributed by atoms with Gasteiger partial charge in [-0.1, -0.05) is 25.1 Å². The zero-order chi connectivity index (χ0) is 19.4. The van der Waals surface area contributed by atoms with Crippen molar-refractivity contribution in [1.82, 2.24) is 9.88 Å². The SMILES string of the molecule is CCCN(CC(O)c1cccnc1)C(=O)C1CCc2cc(C)c(C)cc2C1. The summed E-state index contributed by atoms with van der Waals surface area (Å²) < 4.78 is 0. The van der Waals surface area contributed by atoms with Crippen LogP contribution in [0.3, 0.4) is 0 Å². The van der Waals surface area contributed by atoms with E-state index in [1.165, 1.54) is 22.3 Å². The first-order chi connectivity index (χ1) is 13.0. The Morgan fingerprint density at radius 3 is 2.70 bits per heavy atom. The maximum atomic E-state index is 13.2. The molecule has 2 unspecified atom stereocenters. The van der Waals surface area contributed by atoms with Crippen molar-refractivity contribution in [1.29, 1.82) is 0 Å². The van der Waals surface area contributed by atoms with Crippen molar-refractivity contribution in [3.05, 3.63) is 64.5 Å². The number of aliphatic hydroxyl groups is 1. The van der Waals surface area contributed by atoms with E-state index in [1.807, 2.05) is 17.0 Å². The highest BCUT2D eigenvalue weighted by Crippen LogP contribution is 2.29. The molecule has 3 rings (SSSR count). The second-order valence-electron chi connectivity index (χ2n) is 7.73. The average Bonchev–Trinajstić information content (AvgIpc) is 2.68. The van der Waals surface area contributed by atoms with Crippen LogP contribution in [0.25, 0.3) is 0 Å². The second kappa shape index (κ2) is 8.66. The van der Waals surface area contributed by atoms with Crippen LogP contribution >= 0.6 is 0 Å². The van der Waals surface area contributed by atoms with Crippen molar-refractivity contribution in [2.45, 2.75) is 52.6 Å². The molecule has 2 atom stereocenters. The highest BCUT2D eigenvalue weighted by atomic mass is 16.3. The lowest BCUT2D eigenvalue weighted by Crippen LogP contribution is -2.41. The fourth-order valence-electron chi connectivity index (χ4n) is 3.97. The largest absolute Gasteiger partial charge is 0.386 e. The van der Waals surface area contributed by atoms with Gasteiger partial charge in [-0.3, -0.25) is 9.78 Å². The van der Waals surface area contributed by atoms with Gasteiger partial charge in [-0.05, 0) is 67.9 Å². The Morgan fingerprint density at radius 2 is 2.04 bits per heavy atom. The molecular formula is C23H30N2O2. The Balaban J connectivity index is 1.72. The zero-order valence-electron chi connectivity index (χ0n) is 16.6. The van der Waals surface area contributed by atoms with Gasteiger partial charge < -0.3 is 10.0 Å². The number of rotatable bonds is 6. The Bertz CT molecular complexity index is 788. The van der Waals surface area contributed by atoms with Crippen LogP contribution < -0.4 is 0 Å². The lowest BCUT2D eigenvalue weighted by atomic mass is 9.81. The molecule has 4 heteroatoms. The fourth-order valence-corrected chi connectivity index (χ4v) is 3.97. The van der Waals surface area contributed by atoms with Crippen LogP contribution in [-0.2, 0) is 17.6 Å². The smallest absolute Gasteiger partial charge is 0.226 e. The molecule has 0 saturated heterocycles. The van der Waals surface area contributed by atoms with Crippen LogP contribution in [0.5, 0.6) is 0 Å². The minimum Gasteiger partial charge on any atom is -0.386 e. The maximum Gasteiger partial charge on any atom is 0.226 e. The number of amides is 1. The first kappa shape index (κ1) is 19.6. The number of fused-ring (bicyclic) bond motifs is 1. The van der Waals surface area contributed by atoms with Gasteiger partial charge in [0.2, 0.25) is 5.91 Å². The molecule has 27 heavy (non-hydrogen) atoms. The van der Waals surface area contributed by atoms with Gasteiger partial charge in [-0.2, -0.15) is 0 Å². The average molecular weight is 367 g/mol. The predicted octanol–water partition coefficient (Wildman–Crippen LogP) is 3.78. The molecule has 4 nitrogen and oxygen atoms in total. The van der Waals surface area contributed by atoms with E-state index in [0.717, 1.165) is 31.2 Å². The minimum absolute atomic E-state index is 0.00672. The number of aryl methyl sites for hydroxylation is 3. The summed E-state index contributed by atoms with van der Waals surface area (Å²) in [7, 11) is 0. The number of aromatic nitrogens is 1. The van der Waals surface area contributed by atoms with E-state index in [2.05, 4.69) is 37.9 Å². The van der Waals surface area contributed by atoms with Gasteiger partial charge in [-0.15, -0.1) is 0 Å². The summed E-state index contributed by atoms with van der Waals surface area (Å²) in [6.45, 7) is 7.35. The molecule has 1 amide bonds. The third-order valence-electron chi connectivity index (χ3n) is 5.66. The molecule has 1 aliphatic rings. The van der Waals surface area contributed by atoms with E-state index in [0.29, 0.717) is 13.1 Å². The van der Waals surface area contributed by atoms with Crippen molar-refractivity contribution in [3.63, 3.8) is 0 Å². The Kier molecular flexibility index (Phi) is 6.27. The van der Waals surface area contributed by atoms with Gasteiger partial charge in [0.1, 0.15) is 0 Å². The normalized spacial score (nSPS) is 17.3. The van der Waals surface area contributed by atoms with Crippen molar-refractivity contribution in [3.8, 4) is 0 Å². The molecule has 1 heterocycles. The van der Waals surface area contributed by atoms with Crippen LogP contribution in [0.1, 0.15) is 53.7 Å². The second-order valence-corrected chi connectivity index (χ2v) is 7.73. The van der Waals surface area contributed by atoms with Crippen molar-refractivity contribution in [2.24, 2.45) is 5.92 Å². The number of carbonyl (C=O) groups excluding carboxylic acids is 1. The summed E-state index contributed by atoms with van der Waals surface area (Å²) in [6, 6.07) is 8.20. The first-order valence-electron chi connectivity index (χ1n) is 9.95. The summed E-state index contributed by atoms with van der Waals surface area (Å²) in [5.74, 6) is 0.177. The summed E-state index contributed by atoms with van der Waals surface area (Å²) in [5, 5.41) is 10.6. The van der Waals surface area contributed by atoms with Crippen molar-refractivity contribution >= 4 is 5.91 Å². The van der Waals surface area contributed by atoms with Gasteiger partial charge in [0, 0.05) is 30.4 Å². The molecule has 1 N–H and O–H groups in total. The number of hydrogen-bond acceptors (Lipinski definition) is 3. The van der Waals surface area contributed by atoms with Gasteiger partial charge in [0.05, 0.1) is 12.6 Å². The van der Waals surface area contributed by atoms with E-state index in [-0.39, 0.29) is 11.8 Å². The van der Waals surface area contributed by atoms with E-state index < -0.39 is 6.10 Å². The minimum atomic E-state index is -0.699. The molecule has 144 valence electrons. The van der Waals surface area contributed by atoms with Crippen molar-refractivity contribution in [2.75, 3.05) is 13.1 Å². The maximum absolute atomic E-state index is 13.2. The fraction of sp³-hybridized carbons (Fsp3) is 0.478. The number of carbonyl (C=O) groups is 1. The van der Waals surface area contributed by atoms with E-state index in [1.54, 1.807) is 12.4 Å². The van der Waals surface area contributed by atoms with Crippen molar-refractivity contribution < 1.29 is 9.90 Å². The van der Waals surface area contributed by atoms with Crippen LogP contribution in [-0.4, -0.2) is 34.0 Å². The summed E-state index contributed by atoms with van der Waals surface area (Å²) in [5.41, 5.74) is 6.07. The van der Waals surface area contributed by atoms with Crippen LogP contribution in [0, 0.1) is 19.8 Å². The standard InChI is InChI=1S/C23H30N2O2/c1-4-10-25(15-22(26)20-6-5-9-24-14-20)23(27)19-8-7-18-11-16(2)17(3)12-21(18)13-19/h5-6,9,11-12,14,19,22,26H,4,7-8,10,13,15H2,1-3H3. The number of aliphatic hydroxyl groups excluding tert-OH is 1. The van der Waals surface area contributed by atoms with Gasteiger partial charge in [0.25, 0.3) is 0 Å².